The molecule has 2 aliphatic heterocycles. The standard InChI is InChI=1S/C17H25NO4S/c1-13-11-14(2)16(15(3)12-13)23(19,20)18-7-5-17(6-8-18)21-9-4-10-22-17/h11-12H,4-10H2,1-3H3. The molecule has 0 unspecified atom stereocenters. The minimum Gasteiger partial charge on any atom is -0.350 e. The number of rotatable bonds is 2. The Kier molecular flexibility index (Phi) is 4.53. The predicted molar refractivity (Wildman–Crippen MR) is 87.9 cm³/mol. The highest BCUT2D eigenvalue weighted by Crippen LogP contribution is 2.34. The molecule has 2 saturated heterocycles. The average molecular weight is 339 g/mol. The second-order valence-corrected chi connectivity index (χ2v) is 8.47. The van der Waals surface area contributed by atoms with Gasteiger partial charge in [-0.2, -0.15) is 4.31 Å². The second-order valence-electron chi connectivity index (χ2n) is 6.59. The van der Waals surface area contributed by atoms with E-state index in [1.807, 2.05) is 32.9 Å². The predicted octanol–water partition coefficient (Wildman–Crippen LogP) is 2.53. The number of aryl methyl sites for hydroxylation is 3. The summed E-state index contributed by atoms with van der Waals surface area (Å²) < 4.78 is 39.3. The summed E-state index contributed by atoms with van der Waals surface area (Å²) in [6.45, 7) is 7.99. The minimum absolute atomic E-state index is 0.440. The zero-order valence-corrected chi connectivity index (χ0v) is 14.9. The molecule has 23 heavy (non-hydrogen) atoms. The van der Waals surface area contributed by atoms with E-state index in [-0.39, 0.29) is 0 Å². The summed E-state index contributed by atoms with van der Waals surface area (Å²) >= 11 is 0. The quantitative estimate of drug-likeness (QED) is 0.831. The van der Waals surface area contributed by atoms with E-state index in [2.05, 4.69) is 0 Å². The topological polar surface area (TPSA) is 55.8 Å². The number of sulfonamides is 1. The molecule has 0 bridgehead atoms. The van der Waals surface area contributed by atoms with E-state index >= 15 is 0 Å². The Morgan fingerprint density at radius 1 is 1.00 bits per heavy atom. The maximum Gasteiger partial charge on any atom is 0.243 e. The van der Waals surface area contributed by atoms with Crippen LogP contribution in [0.2, 0.25) is 0 Å². The number of hydrogen-bond donors (Lipinski definition) is 0. The van der Waals surface area contributed by atoms with Crippen LogP contribution in [0.1, 0.15) is 36.0 Å². The van der Waals surface area contributed by atoms with Crippen LogP contribution in [0.4, 0.5) is 0 Å². The molecule has 0 aliphatic carbocycles. The molecule has 2 fully saturated rings. The summed E-state index contributed by atoms with van der Waals surface area (Å²) in [7, 11) is -3.47. The summed E-state index contributed by atoms with van der Waals surface area (Å²) in [6.07, 6.45) is 2.10. The Morgan fingerprint density at radius 3 is 2.04 bits per heavy atom. The van der Waals surface area contributed by atoms with Crippen LogP contribution in [0.15, 0.2) is 17.0 Å². The molecule has 1 aromatic carbocycles. The van der Waals surface area contributed by atoms with E-state index in [0.717, 1.165) is 23.1 Å². The highest BCUT2D eigenvalue weighted by Gasteiger charge is 2.42. The van der Waals surface area contributed by atoms with E-state index in [4.69, 9.17) is 9.47 Å². The molecule has 2 heterocycles. The van der Waals surface area contributed by atoms with Crippen LogP contribution in [-0.2, 0) is 19.5 Å². The molecule has 5 nitrogen and oxygen atoms in total. The average Bonchev–Trinajstić information content (AvgIpc) is 2.47. The van der Waals surface area contributed by atoms with Gasteiger partial charge >= 0.3 is 0 Å². The van der Waals surface area contributed by atoms with Crippen molar-refractivity contribution in [1.29, 1.82) is 0 Å². The molecule has 128 valence electrons. The third kappa shape index (κ3) is 3.18. The number of piperidine rings is 1. The van der Waals surface area contributed by atoms with Crippen molar-refractivity contribution < 1.29 is 17.9 Å². The van der Waals surface area contributed by atoms with Crippen molar-refractivity contribution in [2.24, 2.45) is 0 Å². The molecule has 0 amide bonds. The molecule has 3 rings (SSSR count). The van der Waals surface area contributed by atoms with Crippen molar-refractivity contribution >= 4 is 10.0 Å². The molecular formula is C17H25NO4S. The van der Waals surface area contributed by atoms with Gasteiger partial charge in [-0.1, -0.05) is 17.7 Å². The van der Waals surface area contributed by atoms with Gasteiger partial charge in [-0.15, -0.1) is 0 Å². The second kappa shape index (κ2) is 6.16. The van der Waals surface area contributed by atoms with Crippen molar-refractivity contribution in [3.05, 3.63) is 28.8 Å². The van der Waals surface area contributed by atoms with Crippen LogP contribution >= 0.6 is 0 Å². The summed E-state index contributed by atoms with van der Waals surface area (Å²) in [5.41, 5.74) is 2.71. The van der Waals surface area contributed by atoms with Crippen molar-refractivity contribution in [1.82, 2.24) is 4.31 Å². The largest absolute Gasteiger partial charge is 0.350 e. The third-order valence-corrected chi connectivity index (χ3v) is 6.91. The Hall–Kier alpha value is -0.950. The number of nitrogens with zero attached hydrogens (tertiary/aromatic N) is 1. The molecule has 0 saturated carbocycles. The first-order chi connectivity index (χ1) is 10.8. The molecule has 0 aromatic heterocycles. The van der Waals surface area contributed by atoms with E-state index < -0.39 is 15.8 Å². The van der Waals surface area contributed by atoms with Gasteiger partial charge in [0.1, 0.15) is 0 Å². The van der Waals surface area contributed by atoms with Crippen molar-refractivity contribution in [3.8, 4) is 0 Å². The fourth-order valence-electron chi connectivity index (χ4n) is 3.68. The van der Waals surface area contributed by atoms with E-state index in [9.17, 15) is 8.42 Å². The first kappa shape index (κ1) is 16.9. The monoisotopic (exact) mass is 339 g/mol. The molecular weight excluding hydrogens is 314 g/mol. The number of ether oxygens (including phenoxy) is 2. The van der Waals surface area contributed by atoms with Crippen LogP contribution in [0.5, 0.6) is 0 Å². The van der Waals surface area contributed by atoms with Crippen LogP contribution in [0, 0.1) is 20.8 Å². The molecule has 0 N–H and O–H groups in total. The van der Waals surface area contributed by atoms with Gasteiger partial charge in [0.15, 0.2) is 5.79 Å². The van der Waals surface area contributed by atoms with E-state index in [1.54, 1.807) is 4.31 Å². The highest BCUT2D eigenvalue weighted by atomic mass is 32.2. The fraction of sp³-hybridized carbons (Fsp3) is 0.647. The van der Waals surface area contributed by atoms with Gasteiger partial charge in [-0.05, 0) is 38.3 Å². The maximum atomic E-state index is 13.1. The van der Waals surface area contributed by atoms with Gasteiger partial charge in [0, 0.05) is 25.9 Å². The lowest BCUT2D eigenvalue weighted by atomic mass is 10.0. The van der Waals surface area contributed by atoms with Crippen LogP contribution < -0.4 is 0 Å². The summed E-state index contributed by atoms with van der Waals surface area (Å²) in [5.74, 6) is -0.568. The first-order valence-electron chi connectivity index (χ1n) is 8.20. The molecule has 0 radical (unpaired) electrons. The highest BCUT2D eigenvalue weighted by molar-refractivity contribution is 7.89. The zero-order chi connectivity index (χ0) is 16.7. The zero-order valence-electron chi connectivity index (χ0n) is 14.1. The summed E-state index contributed by atoms with van der Waals surface area (Å²) in [5, 5.41) is 0. The third-order valence-electron chi connectivity index (χ3n) is 4.71. The van der Waals surface area contributed by atoms with Gasteiger partial charge in [0.25, 0.3) is 0 Å². The number of hydrogen-bond acceptors (Lipinski definition) is 4. The Morgan fingerprint density at radius 2 is 1.52 bits per heavy atom. The van der Waals surface area contributed by atoms with Crippen LogP contribution in [0.25, 0.3) is 0 Å². The Labute approximate surface area is 138 Å². The smallest absolute Gasteiger partial charge is 0.243 e. The van der Waals surface area contributed by atoms with Gasteiger partial charge in [0.05, 0.1) is 18.1 Å². The van der Waals surface area contributed by atoms with Gasteiger partial charge in [0.2, 0.25) is 10.0 Å². The molecule has 0 atom stereocenters. The summed E-state index contributed by atoms with van der Waals surface area (Å²) in [4.78, 5) is 0.449. The lowest BCUT2D eigenvalue weighted by Crippen LogP contribution is -2.51. The van der Waals surface area contributed by atoms with Gasteiger partial charge in [-0.3, -0.25) is 0 Å². The molecule has 2 aliphatic rings. The minimum atomic E-state index is -3.47. The number of benzene rings is 1. The molecule has 6 heteroatoms. The van der Waals surface area contributed by atoms with E-state index in [0.29, 0.717) is 44.0 Å². The lowest BCUT2D eigenvalue weighted by Gasteiger charge is -2.43. The van der Waals surface area contributed by atoms with E-state index in [1.165, 1.54) is 0 Å². The molecule has 1 aromatic rings. The normalized spacial score (nSPS) is 22.4. The van der Waals surface area contributed by atoms with Gasteiger partial charge < -0.3 is 9.47 Å². The lowest BCUT2D eigenvalue weighted by molar-refractivity contribution is -0.280. The first-order valence-corrected chi connectivity index (χ1v) is 9.64. The Bertz CT molecular complexity index is 660. The fourth-order valence-corrected chi connectivity index (χ4v) is 5.53. The summed E-state index contributed by atoms with van der Waals surface area (Å²) in [6, 6.07) is 3.86. The van der Waals surface area contributed by atoms with Crippen LogP contribution in [0.3, 0.4) is 0 Å². The SMILES string of the molecule is Cc1cc(C)c(S(=O)(=O)N2CCC3(CC2)OCCCO3)c(C)c1. The Balaban J connectivity index is 1.82. The molecule has 1 spiro atoms. The van der Waals surface area contributed by atoms with Crippen molar-refractivity contribution in [3.63, 3.8) is 0 Å². The van der Waals surface area contributed by atoms with Crippen LogP contribution in [-0.4, -0.2) is 44.8 Å². The van der Waals surface area contributed by atoms with Crippen molar-refractivity contribution in [2.45, 2.75) is 50.7 Å². The van der Waals surface area contributed by atoms with Gasteiger partial charge in [-0.25, -0.2) is 8.42 Å². The van der Waals surface area contributed by atoms with Crippen molar-refractivity contribution in [2.75, 3.05) is 26.3 Å². The maximum absolute atomic E-state index is 13.1.